The Labute approximate surface area is 110 Å². The topological polar surface area (TPSA) is 33.3 Å². The van der Waals surface area contributed by atoms with Crippen LogP contribution in [-0.2, 0) is 13.0 Å². The summed E-state index contributed by atoms with van der Waals surface area (Å²) in [5.41, 5.74) is 2.69. The number of benzene rings is 1. The molecule has 0 saturated carbocycles. The first-order chi connectivity index (χ1) is 8.65. The second-order valence-electron chi connectivity index (χ2n) is 5.36. The second kappa shape index (κ2) is 6.21. The number of hydrogen-bond donors (Lipinski definition) is 2. The molecule has 0 radical (unpaired) electrons. The van der Waals surface area contributed by atoms with Crippen LogP contribution in [0.2, 0.25) is 0 Å². The Hall–Kier alpha value is -1.06. The van der Waals surface area contributed by atoms with Gasteiger partial charge in [0.2, 0.25) is 0 Å². The fraction of sp³-hybridized carbons (Fsp3) is 0.600. The van der Waals surface area contributed by atoms with E-state index in [0.717, 1.165) is 31.8 Å². The maximum absolute atomic E-state index is 5.70. The van der Waals surface area contributed by atoms with Crippen LogP contribution < -0.4 is 15.4 Å². The van der Waals surface area contributed by atoms with Crippen molar-refractivity contribution in [2.24, 2.45) is 0 Å². The molecule has 1 unspecified atom stereocenters. The van der Waals surface area contributed by atoms with Gasteiger partial charge in [-0.15, -0.1) is 0 Å². The molecule has 1 aliphatic rings. The molecule has 1 atom stereocenters. The Bertz CT molecular complexity index is 390. The standard InChI is InChI=1S/C15H24N2O/c1-11(2)17-7-6-16-10-13-4-5-15-14(9-13)8-12(3)18-15/h4-5,9,11-12,16-17H,6-8,10H2,1-3H3. The molecular weight excluding hydrogens is 224 g/mol. The highest BCUT2D eigenvalue weighted by Crippen LogP contribution is 2.29. The number of rotatable bonds is 6. The van der Waals surface area contributed by atoms with Crippen LogP contribution in [-0.4, -0.2) is 25.2 Å². The van der Waals surface area contributed by atoms with E-state index in [4.69, 9.17) is 4.74 Å². The minimum Gasteiger partial charge on any atom is -0.490 e. The molecule has 3 nitrogen and oxygen atoms in total. The minimum atomic E-state index is 0.332. The third-order valence-corrected chi connectivity index (χ3v) is 3.14. The lowest BCUT2D eigenvalue weighted by Crippen LogP contribution is -2.31. The summed E-state index contributed by atoms with van der Waals surface area (Å²) in [6, 6.07) is 7.08. The van der Waals surface area contributed by atoms with Gasteiger partial charge in [-0.3, -0.25) is 0 Å². The number of hydrogen-bond acceptors (Lipinski definition) is 3. The van der Waals surface area contributed by atoms with E-state index in [2.05, 4.69) is 49.6 Å². The first-order valence-electron chi connectivity index (χ1n) is 6.87. The van der Waals surface area contributed by atoms with Crippen molar-refractivity contribution in [3.8, 4) is 5.75 Å². The van der Waals surface area contributed by atoms with Crippen molar-refractivity contribution in [1.29, 1.82) is 0 Å². The highest BCUT2D eigenvalue weighted by molar-refractivity contribution is 5.40. The monoisotopic (exact) mass is 248 g/mol. The number of fused-ring (bicyclic) bond motifs is 1. The van der Waals surface area contributed by atoms with Gasteiger partial charge in [-0.05, 0) is 24.1 Å². The molecule has 0 aliphatic carbocycles. The predicted octanol–water partition coefficient (Wildman–Crippen LogP) is 2.10. The summed E-state index contributed by atoms with van der Waals surface area (Å²) < 4.78 is 5.70. The lowest BCUT2D eigenvalue weighted by molar-refractivity contribution is 0.254. The molecule has 100 valence electrons. The predicted molar refractivity (Wildman–Crippen MR) is 75.1 cm³/mol. The summed E-state index contributed by atoms with van der Waals surface area (Å²) in [7, 11) is 0. The molecule has 0 bridgehead atoms. The lowest BCUT2D eigenvalue weighted by Gasteiger charge is -2.09. The number of ether oxygens (including phenoxy) is 1. The van der Waals surface area contributed by atoms with Crippen molar-refractivity contribution < 1.29 is 4.74 Å². The van der Waals surface area contributed by atoms with Crippen molar-refractivity contribution in [3.63, 3.8) is 0 Å². The molecule has 1 aromatic carbocycles. The summed E-state index contributed by atoms with van der Waals surface area (Å²) >= 11 is 0. The van der Waals surface area contributed by atoms with E-state index in [1.807, 2.05) is 0 Å². The van der Waals surface area contributed by atoms with Crippen LogP contribution in [0.4, 0.5) is 0 Å². The highest BCUT2D eigenvalue weighted by atomic mass is 16.5. The van der Waals surface area contributed by atoms with Crippen molar-refractivity contribution in [3.05, 3.63) is 29.3 Å². The van der Waals surface area contributed by atoms with Crippen LogP contribution in [0.3, 0.4) is 0 Å². The summed E-state index contributed by atoms with van der Waals surface area (Å²) in [5.74, 6) is 1.06. The first kappa shape index (κ1) is 13.4. The summed E-state index contributed by atoms with van der Waals surface area (Å²) in [4.78, 5) is 0. The van der Waals surface area contributed by atoms with Gasteiger partial charge in [0.1, 0.15) is 11.9 Å². The molecule has 1 aromatic rings. The molecule has 0 saturated heterocycles. The zero-order valence-corrected chi connectivity index (χ0v) is 11.6. The first-order valence-corrected chi connectivity index (χ1v) is 6.87. The average Bonchev–Trinajstić information content (AvgIpc) is 2.67. The molecule has 1 heterocycles. The fourth-order valence-electron chi connectivity index (χ4n) is 2.27. The SMILES string of the molecule is CC(C)NCCNCc1ccc2c(c1)CC(C)O2. The van der Waals surface area contributed by atoms with E-state index in [9.17, 15) is 0 Å². The van der Waals surface area contributed by atoms with Crippen LogP contribution in [0, 0.1) is 0 Å². The Balaban J connectivity index is 1.76. The van der Waals surface area contributed by atoms with Gasteiger partial charge in [0, 0.05) is 32.1 Å². The summed E-state index contributed by atoms with van der Waals surface area (Å²) in [6.45, 7) is 9.41. The minimum absolute atomic E-state index is 0.332. The maximum atomic E-state index is 5.70. The summed E-state index contributed by atoms with van der Waals surface area (Å²) in [5, 5.41) is 6.85. The van der Waals surface area contributed by atoms with Crippen molar-refractivity contribution >= 4 is 0 Å². The van der Waals surface area contributed by atoms with Crippen molar-refractivity contribution in [2.45, 2.75) is 45.9 Å². The highest BCUT2D eigenvalue weighted by Gasteiger charge is 2.18. The summed E-state index contributed by atoms with van der Waals surface area (Å²) in [6.07, 6.45) is 1.37. The van der Waals surface area contributed by atoms with E-state index in [1.54, 1.807) is 0 Å². The zero-order valence-electron chi connectivity index (χ0n) is 11.6. The normalized spacial score (nSPS) is 17.9. The zero-order chi connectivity index (χ0) is 13.0. The van der Waals surface area contributed by atoms with Gasteiger partial charge in [0.25, 0.3) is 0 Å². The molecule has 2 rings (SSSR count). The molecule has 3 heteroatoms. The van der Waals surface area contributed by atoms with Gasteiger partial charge in [0.15, 0.2) is 0 Å². The molecule has 2 N–H and O–H groups in total. The van der Waals surface area contributed by atoms with Crippen LogP contribution in [0.15, 0.2) is 18.2 Å². The Morgan fingerprint density at radius 1 is 1.33 bits per heavy atom. The Morgan fingerprint density at radius 3 is 2.94 bits per heavy atom. The molecular formula is C15H24N2O. The van der Waals surface area contributed by atoms with Gasteiger partial charge in [-0.25, -0.2) is 0 Å². The molecule has 0 aromatic heterocycles. The van der Waals surface area contributed by atoms with Crippen LogP contribution in [0.5, 0.6) is 5.75 Å². The van der Waals surface area contributed by atoms with Crippen LogP contribution >= 0.6 is 0 Å². The van der Waals surface area contributed by atoms with Gasteiger partial charge < -0.3 is 15.4 Å². The fourth-order valence-corrected chi connectivity index (χ4v) is 2.27. The van der Waals surface area contributed by atoms with E-state index in [0.29, 0.717) is 12.1 Å². The van der Waals surface area contributed by atoms with Crippen molar-refractivity contribution in [1.82, 2.24) is 10.6 Å². The Kier molecular flexibility index (Phi) is 4.61. The van der Waals surface area contributed by atoms with Gasteiger partial charge in [0.05, 0.1) is 0 Å². The van der Waals surface area contributed by atoms with Crippen molar-refractivity contribution in [2.75, 3.05) is 13.1 Å². The lowest BCUT2D eigenvalue weighted by atomic mass is 10.1. The number of nitrogens with one attached hydrogen (secondary N) is 2. The quantitative estimate of drug-likeness (QED) is 0.756. The van der Waals surface area contributed by atoms with E-state index in [1.165, 1.54) is 11.1 Å². The second-order valence-corrected chi connectivity index (χ2v) is 5.36. The van der Waals surface area contributed by atoms with Crippen LogP contribution in [0.1, 0.15) is 31.9 Å². The van der Waals surface area contributed by atoms with E-state index in [-0.39, 0.29) is 0 Å². The third kappa shape index (κ3) is 3.72. The molecule has 0 spiro atoms. The average molecular weight is 248 g/mol. The Morgan fingerprint density at radius 2 is 2.17 bits per heavy atom. The molecule has 18 heavy (non-hydrogen) atoms. The van der Waals surface area contributed by atoms with Crippen LogP contribution in [0.25, 0.3) is 0 Å². The van der Waals surface area contributed by atoms with Gasteiger partial charge in [-0.1, -0.05) is 26.0 Å². The molecule has 1 aliphatic heterocycles. The van der Waals surface area contributed by atoms with Gasteiger partial charge >= 0.3 is 0 Å². The smallest absolute Gasteiger partial charge is 0.123 e. The largest absolute Gasteiger partial charge is 0.490 e. The van der Waals surface area contributed by atoms with E-state index >= 15 is 0 Å². The molecule has 0 amide bonds. The van der Waals surface area contributed by atoms with Gasteiger partial charge in [-0.2, -0.15) is 0 Å². The maximum Gasteiger partial charge on any atom is 0.123 e. The third-order valence-electron chi connectivity index (χ3n) is 3.14. The molecule has 0 fully saturated rings. The van der Waals surface area contributed by atoms with E-state index < -0.39 is 0 Å².